The summed E-state index contributed by atoms with van der Waals surface area (Å²) in [6, 6.07) is 15.8. The lowest BCUT2D eigenvalue weighted by Gasteiger charge is -2.10. The number of benzene rings is 3. The molecule has 0 aromatic heterocycles. The fourth-order valence-electron chi connectivity index (χ4n) is 4.79. The standard InChI is InChI=1S/C14H14O.C11H14O.4CH4/c1-8-9(2)11-6-7-13(15)12-5-3-4-10(8)14(11)12;1-7-5-9-6-10(12)3-4-11(9)8(7)2;;;;/h3-9,15H,1-2H3;3-4,6-8,12H,5H2,1-2H3;4*1H4. The lowest BCUT2D eigenvalue weighted by molar-refractivity contribution is 0.474. The second-order valence-corrected chi connectivity index (χ2v) is 8.37. The predicted octanol–water partition coefficient (Wildman–Crippen LogP) is 9.00. The molecule has 0 heterocycles. The predicted molar refractivity (Wildman–Crippen MR) is 139 cm³/mol. The first-order valence-electron chi connectivity index (χ1n) is 9.94. The lowest BCUT2D eigenvalue weighted by Crippen LogP contribution is -1.97. The zero-order valence-corrected chi connectivity index (χ0v) is 16.5. The Kier molecular flexibility index (Phi) is 9.85. The third-order valence-electron chi connectivity index (χ3n) is 6.83. The number of phenolic OH excluding ortho intramolecular Hbond substituents is 2. The van der Waals surface area contributed by atoms with E-state index in [1.807, 2.05) is 24.3 Å². The average Bonchev–Trinajstić information content (AvgIpc) is 3.07. The van der Waals surface area contributed by atoms with Gasteiger partial charge in [0.05, 0.1) is 0 Å². The van der Waals surface area contributed by atoms with E-state index in [2.05, 4.69) is 45.9 Å². The molecule has 0 fully saturated rings. The van der Waals surface area contributed by atoms with Gasteiger partial charge in [-0.15, -0.1) is 0 Å². The monoisotopic (exact) mass is 424 g/mol. The molecule has 2 aliphatic rings. The Labute approximate surface area is 191 Å². The number of aromatic hydroxyl groups is 2. The van der Waals surface area contributed by atoms with Gasteiger partial charge in [0.15, 0.2) is 0 Å². The van der Waals surface area contributed by atoms with Gasteiger partial charge in [0.25, 0.3) is 0 Å². The van der Waals surface area contributed by atoms with E-state index in [9.17, 15) is 10.2 Å². The molecule has 3 aromatic carbocycles. The topological polar surface area (TPSA) is 40.5 Å². The normalized spacial score (nSPS) is 21.9. The number of hydrogen-bond donors (Lipinski definition) is 2. The van der Waals surface area contributed by atoms with Crippen molar-refractivity contribution in [1.29, 1.82) is 0 Å². The molecule has 4 atom stereocenters. The van der Waals surface area contributed by atoms with E-state index in [1.165, 1.54) is 27.6 Å². The second kappa shape index (κ2) is 10.7. The number of rotatable bonds is 0. The molecule has 0 spiro atoms. The van der Waals surface area contributed by atoms with Gasteiger partial charge in [-0.05, 0) is 75.9 Å². The van der Waals surface area contributed by atoms with Crippen LogP contribution in [0.4, 0.5) is 0 Å². The first-order valence-corrected chi connectivity index (χ1v) is 9.94. The summed E-state index contributed by atoms with van der Waals surface area (Å²) in [6.45, 7) is 9.04. The molecular formula is C29H44O2. The van der Waals surface area contributed by atoms with Crippen LogP contribution in [0, 0.1) is 5.92 Å². The van der Waals surface area contributed by atoms with Crippen molar-refractivity contribution in [2.45, 2.75) is 81.6 Å². The average molecular weight is 425 g/mol. The largest absolute Gasteiger partial charge is 0.508 e. The molecule has 2 heteroatoms. The fraction of sp³-hybridized carbons (Fsp3) is 0.448. The molecule has 4 unspecified atom stereocenters. The van der Waals surface area contributed by atoms with Crippen LogP contribution in [0.5, 0.6) is 11.5 Å². The third kappa shape index (κ3) is 4.74. The van der Waals surface area contributed by atoms with Gasteiger partial charge in [0, 0.05) is 5.39 Å². The highest BCUT2D eigenvalue weighted by atomic mass is 16.3. The fourth-order valence-corrected chi connectivity index (χ4v) is 4.79. The Morgan fingerprint density at radius 2 is 1.26 bits per heavy atom. The molecule has 0 radical (unpaired) electrons. The van der Waals surface area contributed by atoms with E-state index >= 15 is 0 Å². The first-order chi connectivity index (χ1) is 12.9. The zero-order chi connectivity index (χ0) is 19.3. The van der Waals surface area contributed by atoms with Crippen molar-refractivity contribution >= 4 is 10.8 Å². The van der Waals surface area contributed by atoms with Gasteiger partial charge in [-0.3, -0.25) is 0 Å². The van der Waals surface area contributed by atoms with Crippen LogP contribution in [0.15, 0.2) is 48.5 Å². The number of hydrogen-bond acceptors (Lipinski definition) is 2. The van der Waals surface area contributed by atoms with Crippen molar-refractivity contribution in [3.8, 4) is 11.5 Å². The Morgan fingerprint density at radius 3 is 1.90 bits per heavy atom. The van der Waals surface area contributed by atoms with E-state index in [1.54, 1.807) is 6.07 Å². The van der Waals surface area contributed by atoms with Crippen LogP contribution in [-0.2, 0) is 6.42 Å². The molecule has 31 heavy (non-hydrogen) atoms. The van der Waals surface area contributed by atoms with Crippen LogP contribution in [0.2, 0.25) is 0 Å². The van der Waals surface area contributed by atoms with Gasteiger partial charge >= 0.3 is 0 Å². The van der Waals surface area contributed by atoms with Crippen molar-refractivity contribution in [1.82, 2.24) is 0 Å². The van der Waals surface area contributed by atoms with E-state index in [4.69, 9.17) is 0 Å². The summed E-state index contributed by atoms with van der Waals surface area (Å²) in [4.78, 5) is 0. The molecule has 3 aromatic rings. The minimum Gasteiger partial charge on any atom is -0.508 e. The molecular weight excluding hydrogens is 380 g/mol. The summed E-state index contributed by atoms with van der Waals surface area (Å²) < 4.78 is 0. The molecule has 0 aliphatic heterocycles. The maximum absolute atomic E-state index is 9.82. The van der Waals surface area contributed by atoms with Crippen LogP contribution >= 0.6 is 0 Å². The quantitative estimate of drug-likeness (QED) is 0.378. The molecule has 2 N–H and O–H groups in total. The Morgan fingerprint density at radius 1 is 0.677 bits per heavy atom. The van der Waals surface area contributed by atoms with E-state index in [-0.39, 0.29) is 29.7 Å². The van der Waals surface area contributed by atoms with Crippen LogP contribution in [0.3, 0.4) is 0 Å². The second-order valence-electron chi connectivity index (χ2n) is 8.37. The van der Waals surface area contributed by atoms with Crippen LogP contribution in [0.1, 0.15) is 97.4 Å². The number of fused-ring (bicyclic) bond motifs is 1. The maximum atomic E-state index is 9.82. The highest BCUT2D eigenvalue weighted by molar-refractivity contribution is 5.96. The van der Waals surface area contributed by atoms with Crippen LogP contribution in [0.25, 0.3) is 10.8 Å². The SMILES string of the molecule is C.C.C.C.CC1Cc2cc(O)ccc2C1C.CC1c2cccc3c(O)ccc(c23)C1C. The highest BCUT2D eigenvalue weighted by Crippen LogP contribution is 2.47. The van der Waals surface area contributed by atoms with E-state index in [0.717, 1.165) is 17.7 Å². The summed E-state index contributed by atoms with van der Waals surface area (Å²) in [6.07, 6.45) is 1.12. The molecule has 0 saturated heterocycles. The molecule has 2 aliphatic carbocycles. The van der Waals surface area contributed by atoms with Crippen molar-refractivity contribution < 1.29 is 10.2 Å². The molecule has 172 valence electrons. The summed E-state index contributed by atoms with van der Waals surface area (Å²) in [5.41, 5.74) is 5.51. The Balaban J connectivity index is 0.000000524. The zero-order valence-electron chi connectivity index (χ0n) is 16.5. The lowest BCUT2D eigenvalue weighted by atomic mass is 9.94. The smallest absolute Gasteiger partial charge is 0.123 e. The Bertz CT molecular complexity index is 991. The van der Waals surface area contributed by atoms with Crippen molar-refractivity contribution in [3.63, 3.8) is 0 Å². The maximum Gasteiger partial charge on any atom is 0.123 e. The first kappa shape index (κ1) is 28.5. The van der Waals surface area contributed by atoms with Gasteiger partial charge in [-0.1, -0.05) is 87.7 Å². The summed E-state index contributed by atoms with van der Waals surface area (Å²) in [5, 5.41) is 21.4. The van der Waals surface area contributed by atoms with Gasteiger partial charge in [0.1, 0.15) is 11.5 Å². The molecule has 0 saturated carbocycles. The highest BCUT2D eigenvalue weighted by Gasteiger charge is 2.28. The van der Waals surface area contributed by atoms with Crippen LogP contribution < -0.4 is 0 Å². The van der Waals surface area contributed by atoms with Gasteiger partial charge < -0.3 is 10.2 Å². The summed E-state index contributed by atoms with van der Waals surface area (Å²) in [7, 11) is 0. The van der Waals surface area contributed by atoms with E-state index in [0.29, 0.717) is 29.3 Å². The number of phenols is 2. The minimum absolute atomic E-state index is 0. The molecule has 0 amide bonds. The van der Waals surface area contributed by atoms with Gasteiger partial charge in [-0.25, -0.2) is 0 Å². The molecule has 2 nitrogen and oxygen atoms in total. The van der Waals surface area contributed by atoms with Gasteiger partial charge in [0.2, 0.25) is 0 Å². The molecule has 5 rings (SSSR count). The minimum atomic E-state index is 0. The Hall–Kier alpha value is -2.48. The van der Waals surface area contributed by atoms with Crippen LogP contribution in [-0.4, -0.2) is 10.2 Å². The van der Waals surface area contributed by atoms with Gasteiger partial charge in [-0.2, -0.15) is 0 Å². The van der Waals surface area contributed by atoms with Crippen molar-refractivity contribution in [2.75, 3.05) is 0 Å². The van der Waals surface area contributed by atoms with E-state index < -0.39 is 0 Å². The third-order valence-corrected chi connectivity index (χ3v) is 6.83. The molecule has 0 bridgehead atoms. The summed E-state index contributed by atoms with van der Waals surface area (Å²) in [5.74, 6) is 3.30. The van der Waals surface area contributed by atoms with Crippen molar-refractivity contribution in [2.24, 2.45) is 5.92 Å². The van der Waals surface area contributed by atoms with Crippen molar-refractivity contribution in [3.05, 3.63) is 70.8 Å². The summed E-state index contributed by atoms with van der Waals surface area (Å²) >= 11 is 0.